The molecule has 18 heavy (non-hydrogen) atoms. The molecule has 0 aromatic carbocycles. The second kappa shape index (κ2) is 6.04. The molecule has 0 unspecified atom stereocenters. The van der Waals surface area contributed by atoms with Crippen molar-refractivity contribution in [2.45, 2.75) is 32.5 Å². The molecule has 0 aliphatic carbocycles. The van der Waals surface area contributed by atoms with Gasteiger partial charge in [-0.15, -0.1) is 0 Å². The van der Waals surface area contributed by atoms with Crippen LogP contribution in [0.15, 0.2) is 18.3 Å². The van der Waals surface area contributed by atoms with Crippen molar-refractivity contribution >= 4 is 5.69 Å². The summed E-state index contributed by atoms with van der Waals surface area (Å²) < 4.78 is 37.3. The molecule has 3 nitrogen and oxygen atoms in total. The zero-order valence-electron chi connectivity index (χ0n) is 10.5. The molecule has 1 aromatic rings. The van der Waals surface area contributed by atoms with Crippen LogP contribution in [0.4, 0.5) is 18.9 Å². The normalized spacial score (nSPS) is 13.4. The Balaban J connectivity index is 2.85. The van der Waals surface area contributed by atoms with E-state index in [1.165, 1.54) is 11.1 Å². The highest BCUT2D eigenvalue weighted by Gasteiger charge is 2.30. The number of nitrogens with zero attached hydrogens (tertiary/aromatic N) is 2. The van der Waals surface area contributed by atoms with Crippen molar-refractivity contribution in [3.05, 3.63) is 24.0 Å². The fraction of sp³-hybridized carbons (Fsp3) is 0.583. The van der Waals surface area contributed by atoms with Gasteiger partial charge in [0.1, 0.15) is 6.54 Å². The van der Waals surface area contributed by atoms with Gasteiger partial charge in [-0.05, 0) is 25.5 Å². The molecule has 2 N–H and O–H groups in total. The van der Waals surface area contributed by atoms with Crippen molar-refractivity contribution in [3.63, 3.8) is 0 Å². The summed E-state index contributed by atoms with van der Waals surface area (Å²) in [6, 6.07) is 3.08. The summed E-state index contributed by atoms with van der Waals surface area (Å²) in [7, 11) is 0. The van der Waals surface area contributed by atoms with E-state index in [0.717, 1.165) is 0 Å². The van der Waals surface area contributed by atoms with Crippen LogP contribution < -0.4 is 10.6 Å². The molecule has 0 fully saturated rings. The van der Waals surface area contributed by atoms with E-state index in [0.29, 0.717) is 24.3 Å². The van der Waals surface area contributed by atoms with Crippen molar-refractivity contribution in [2.75, 3.05) is 18.0 Å². The average molecular weight is 261 g/mol. The monoisotopic (exact) mass is 261 g/mol. The average Bonchev–Trinajstić information content (AvgIpc) is 2.27. The highest BCUT2D eigenvalue weighted by Crippen LogP contribution is 2.22. The first kappa shape index (κ1) is 14.8. The van der Waals surface area contributed by atoms with Crippen molar-refractivity contribution in [2.24, 2.45) is 5.73 Å². The lowest BCUT2D eigenvalue weighted by Crippen LogP contribution is -2.34. The maximum atomic E-state index is 12.4. The SMILES string of the molecule is CCCN(CC(F)(F)F)c1ccc([C@H](C)N)nc1. The third-order valence-corrected chi connectivity index (χ3v) is 2.47. The minimum atomic E-state index is -4.21. The largest absolute Gasteiger partial charge is 0.405 e. The molecule has 6 heteroatoms. The van der Waals surface area contributed by atoms with Crippen LogP contribution in [-0.4, -0.2) is 24.2 Å². The Morgan fingerprint density at radius 1 is 1.39 bits per heavy atom. The molecule has 0 spiro atoms. The molecular formula is C12H18F3N3. The first-order valence-corrected chi connectivity index (χ1v) is 5.86. The van der Waals surface area contributed by atoms with Gasteiger partial charge in [0.15, 0.2) is 0 Å². The van der Waals surface area contributed by atoms with E-state index in [2.05, 4.69) is 4.98 Å². The number of nitrogens with two attached hydrogens (primary N) is 1. The third-order valence-electron chi connectivity index (χ3n) is 2.47. The molecule has 1 rings (SSSR count). The Kier molecular flexibility index (Phi) is 4.95. The Morgan fingerprint density at radius 2 is 2.06 bits per heavy atom. The van der Waals surface area contributed by atoms with Crippen molar-refractivity contribution in [3.8, 4) is 0 Å². The predicted octanol–water partition coefficient (Wildman–Crippen LogP) is 2.88. The predicted molar refractivity (Wildman–Crippen MR) is 65.4 cm³/mol. The summed E-state index contributed by atoms with van der Waals surface area (Å²) >= 11 is 0. The van der Waals surface area contributed by atoms with E-state index >= 15 is 0 Å². The van der Waals surface area contributed by atoms with E-state index in [-0.39, 0.29) is 6.04 Å². The van der Waals surface area contributed by atoms with Gasteiger partial charge in [0.2, 0.25) is 0 Å². The molecule has 0 bridgehead atoms. The Labute approximate surface area is 105 Å². The van der Waals surface area contributed by atoms with Gasteiger partial charge in [0, 0.05) is 12.6 Å². The summed E-state index contributed by atoms with van der Waals surface area (Å²) in [5.74, 6) is 0. The first-order valence-electron chi connectivity index (χ1n) is 5.86. The molecule has 1 heterocycles. The van der Waals surface area contributed by atoms with Crippen LogP contribution in [0, 0.1) is 0 Å². The second-order valence-electron chi connectivity index (χ2n) is 4.27. The Bertz CT molecular complexity index is 360. The smallest absolute Gasteiger partial charge is 0.361 e. The van der Waals surface area contributed by atoms with Crippen molar-refractivity contribution in [1.29, 1.82) is 0 Å². The van der Waals surface area contributed by atoms with Gasteiger partial charge < -0.3 is 10.6 Å². The molecule has 0 amide bonds. The number of aromatic nitrogens is 1. The highest BCUT2D eigenvalue weighted by molar-refractivity contribution is 5.45. The van der Waals surface area contributed by atoms with Crippen LogP contribution >= 0.6 is 0 Å². The van der Waals surface area contributed by atoms with Crippen molar-refractivity contribution < 1.29 is 13.2 Å². The minimum absolute atomic E-state index is 0.221. The maximum absolute atomic E-state index is 12.4. The van der Waals surface area contributed by atoms with E-state index in [1.54, 1.807) is 19.1 Å². The number of alkyl halides is 3. The second-order valence-corrected chi connectivity index (χ2v) is 4.27. The van der Waals surface area contributed by atoms with E-state index in [9.17, 15) is 13.2 Å². The van der Waals surface area contributed by atoms with Crippen molar-refractivity contribution in [1.82, 2.24) is 4.98 Å². The lowest BCUT2D eigenvalue weighted by molar-refractivity contribution is -0.119. The molecule has 0 saturated carbocycles. The van der Waals surface area contributed by atoms with Gasteiger partial charge in [-0.3, -0.25) is 4.98 Å². The summed E-state index contributed by atoms with van der Waals surface area (Å²) in [5.41, 5.74) is 6.78. The number of rotatable bonds is 5. The topological polar surface area (TPSA) is 42.1 Å². The van der Waals surface area contributed by atoms with Gasteiger partial charge in [0.05, 0.1) is 17.6 Å². The molecular weight excluding hydrogens is 243 g/mol. The molecule has 0 aliphatic heterocycles. The number of pyridine rings is 1. The van der Waals surface area contributed by atoms with E-state index in [1.807, 2.05) is 6.92 Å². The Hall–Kier alpha value is -1.30. The third kappa shape index (κ3) is 4.52. The molecule has 0 saturated heterocycles. The van der Waals surface area contributed by atoms with Crippen LogP contribution in [0.2, 0.25) is 0 Å². The zero-order valence-corrected chi connectivity index (χ0v) is 10.5. The van der Waals surface area contributed by atoms with E-state index < -0.39 is 12.7 Å². The van der Waals surface area contributed by atoms with Crippen LogP contribution in [0.3, 0.4) is 0 Å². The molecule has 0 aliphatic rings. The molecule has 0 radical (unpaired) electrons. The summed E-state index contributed by atoms with van der Waals surface area (Å²) in [5, 5.41) is 0. The van der Waals surface area contributed by atoms with Crippen LogP contribution in [0.5, 0.6) is 0 Å². The Morgan fingerprint density at radius 3 is 2.44 bits per heavy atom. The van der Waals surface area contributed by atoms with Gasteiger partial charge in [-0.2, -0.15) is 13.2 Å². The minimum Gasteiger partial charge on any atom is -0.361 e. The van der Waals surface area contributed by atoms with Gasteiger partial charge in [-0.25, -0.2) is 0 Å². The number of hydrogen-bond acceptors (Lipinski definition) is 3. The summed E-state index contributed by atoms with van der Waals surface area (Å²) in [6.45, 7) is 3.01. The summed E-state index contributed by atoms with van der Waals surface area (Å²) in [6.07, 6.45) is -2.12. The molecule has 1 atom stereocenters. The maximum Gasteiger partial charge on any atom is 0.405 e. The summed E-state index contributed by atoms with van der Waals surface area (Å²) in [4.78, 5) is 5.35. The van der Waals surface area contributed by atoms with Crippen LogP contribution in [0.1, 0.15) is 32.0 Å². The fourth-order valence-corrected chi connectivity index (χ4v) is 1.64. The number of hydrogen-bond donors (Lipinski definition) is 1. The van der Waals surface area contributed by atoms with Gasteiger partial charge in [0.25, 0.3) is 0 Å². The van der Waals surface area contributed by atoms with Crippen LogP contribution in [-0.2, 0) is 0 Å². The number of halogens is 3. The van der Waals surface area contributed by atoms with Gasteiger partial charge >= 0.3 is 6.18 Å². The highest BCUT2D eigenvalue weighted by atomic mass is 19.4. The lowest BCUT2D eigenvalue weighted by Gasteiger charge is -2.25. The quantitative estimate of drug-likeness (QED) is 0.886. The number of anilines is 1. The fourth-order valence-electron chi connectivity index (χ4n) is 1.64. The molecule has 1 aromatic heterocycles. The molecule has 102 valence electrons. The standard InChI is InChI=1S/C12H18F3N3/c1-3-6-18(8-12(13,14)15)10-4-5-11(9(2)16)17-7-10/h4-5,7,9H,3,6,8,16H2,1-2H3/t9-/m0/s1. The van der Waals surface area contributed by atoms with Gasteiger partial charge in [-0.1, -0.05) is 6.92 Å². The first-order chi connectivity index (χ1) is 8.33. The zero-order chi connectivity index (χ0) is 13.8. The van der Waals surface area contributed by atoms with Crippen LogP contribution in [0.25, 0.3) is 0 Å². The van der Waals surface area contributed by atoms with E-state index in [4.69, 9.17) is 5.73 Å². The lowest BCUT2D eigenvalue weighted by atomic mass is 10.2.